The molecule has 0 saturated carbocycles. The quantitative estimate of drug-likeness (QED) is 0.655. The number of nitrogens with two attached hydrogens (primary N) is 1. The van der Waals surface area contributed by atoms with E-state index in [1.807, 2.05) is 0 Å². The smallest absolute Gasteiger partial charge is 0.311 e. The minimum absolute atomic E-state index is 0.0944. The van der Waals surface area contributed by atoms with Crippen molar-refractivity contribution in [1.29, 1.82) is 0 Å². The van der Waals surface area contributed by atoms with Crippen LogP contribution in [0.25, 0.3) is 0 Å². The topological polar surface area (TPSA) is 78.4 Å². The number of hydrogen-bond donors (Lipinski definition) is 1. The van der Waals surface area contributed by atoms with Crippen LogP contribution >= 0.6 is 0 Å². The van der Waals surface area contributed by atoms with Crippen LogP contribution in [0.1, 0.15) is 11.1 Å². The van der Waals surface area contributed by atoms with Gasteiger partial charge in [0.25, 0.3) is 0 Å². The first-order valence-corrected chi connectivity index (χ1v) is 6.45. The average Bonchev–Trinajstić information content (AvgIpc) is 2.47. The van der Waals surface area contributed by atoms with Gasteiger partial charge in [0.05, 0.1) is 4.92 Å². The summed E-state index contributed by atoms with van der Waals surface area (Å²) in [5, 5.41) is 11.1. The summed E-state index contributed by atoms with van der Waals surface area (Å²) in [6, 6.07) is 10.6. The Kier molecular flexibility index (Phi) is 4.84. The zero-order chi connectivity index (χ0) is 15.2. The van der Waals surface area contributed by atoms with Crippen molar-refractivity contribution in [3.05, 3.63) is 69.5 Å². The first-order chi connectivity index (χ1) is 10.1. The summed E-state index contributed by atoms with van der Waals surface area (Å²) in [7, 11) is 0. The lowest BCUT2D eigenvalue weighted by atomic mass is 10.1. The largest absolute Gasteiger partial charge is 0.482 e. The highest BCUT2D eigenvalue weighted by molar-refractivity contribution is 5.48. The lowest BCUT2D eigenvalue weighted by molar-refractivity contribution is -0.386. The van der Waals surface area contributed by atoms with Crippen LogP contribution in [0, 0.1) is 15.9 Å². The van der Waals surface area contributed by atoms with E-state index < -0.39 is 4.92 Å². The Labute approximate surface area is 121 Å². The Morgan fingerprint density at radius 3 is 2.43 bits per heavy atom. The number of rotatable bonds is 6. The molecule has 110 valence electrons. The zero-order valence-corrected chi connectivity index (χ0v) is 11.3. The summed E-state index contributed by atoms with van der Waals surface area (Å²) in [5.41, 5.74) is 6.87. The molecule has 0 saturated heterocycles. The SMILES string of the molecule is NCCc1ccc(OCc2ccc(F)cc2)c([N+](=O)[O-])c1. The van der Waals surface area contributed by atoms with E-state index in [9.17, 15) is 14.5 Å². The van der Waals surface area contributed by atoms with E-state index in [0.717, 1.165) is 11.1 Å². The van der Waals surface area contributed by atoms with Crippen molar-refractivity contribution < 1.29 is 14.1 Å². The van der Waals surface area contributed by atoms with Crippen LogP contribution in [-0.2, 0) is 13.0 Å². The number of nitro groups is 1. The van der Waals surface area contributed by atoms with Crippen molar-refractivity contribution in [2.24, 2.45) is 5.73 Å². The van der Waals surface area contributed by atoms with Crippen LogP contribution in [0.5, 0.6) is 5.75 Å². The number of nitrogens with zero attached hydrogens (tertiary/aromatic N) is 1. The molecule has 0 aliphatic carbocycles. The first kappa shape index (κ1) is 14.9. The molecule has 0 radical (unpaired) electrons. The lowest BCUT2D eigenvalue weighted by Crippen LogP contribution is -2.04. The van der Waals surface area contributed by atoms with Crippen molar-refractivity contribution in [2.75, 3.05) is 6.54 Å². The second kappa shape index (κ2) is 6.81. The summed E-state index contributed by atoms with van der Waals surface area (Å²) < 4.78 is 18.3. The molecule has 0 fully saturated rings. The minimum Gasteiger partial charge on any atom is -0.482 e. The van der Waals surface area contributed by atoms with E-state index in [1.54, 1.807) is 24.3 Å². The molecule has 2 rings (SSSR count). The summed E-state index contributed by atoms with van der Waals surface area (Å²) >= 11 is 0. The van der Waals surface area contributed by atoms with Crippen molar-refractivity contribution in [1.82, 2.24) is 0 Å². The molecule has 0 aliphatic heterocycles. The maximum atomic E-state index is 12.8. The first-order valence-electron chi connectivity index (χ1n) is 6.45. The molecule has 2 N–H and O–H groups in total. The Balaban J connectivity index is 2.15. The second-order valence-corrected chi connectivity index (χ2v) is 4.51. The van der Waals surface area contributed by atoms with Crippen molar-refractivity contribution in [3.63, 3.8) is 0 Å². The van der Waals surface area contributed by atoms with E-state index in [1.165, 1.54) is 18.2 Å². The third kappa shape index (κ3) is 4.00. The number of ether oxygens (including phenoxy) is 1. The van der Waals surface area contributed by atoms with Gasteiger partial charge in [-0.2, -0.15) is 0 Å². The van der Waals surface area contributed by atoms with Gasteiger partial charge in [-0.1, -0.05) is 18.2 Å². The van der Waals surface area contributed by atoms with Crippen LogP contribution in [0.2, 0.25) is 0 Å². The van der Waals surface area contributed by atoms with Gasteiger partial charge in [-0.25, -0.2) is 4.39 Å². The van der Waals surface area contributed by atoms with Gasteiger partial charge in [-0.3, -0.25) is 10.1 Å². The van der Waals surface area contributed by atoms with Gasteiger partial charge < -0.3 is 10.5 Å². The minimum atomic E-state index is -0.486. The molecule has 0 amide bonds. The fraction of sp³-hybridized carbons (Fsp3) is 0.200. The maximum Gasteiger partial charge on any atom is 0.311 e. The number of nitro benzene ring substituents is 1. The Morgan fingerprint density at radius 2 is 1.81 bits per heavy atom. The summed E-state index contributed by atoms with van der Waals surface area (Å²) in [4.78, 5) is 10.6. The van der Waals surface area contributed by atoms with Crippen molar-refractivity contribution in [2.45, 2.75) is 13.0 Å². The third-order valence-electron chi connectivity index (χ3n) is 2.96. The van der Waals surface area contributed by atoms with Crippen LogP contribution in [0.15, 0.2) is 42.5 Å². The average molecular weight is 290 g/mol. The fourth-order valence-corrected chi connectivity index (χ4v) is 1.89. The van der Waals surface area contributed by atoms with Gasteiger partial charge in [0.15, 0.2) is 5.75 Å². The molecule has 2 aromatic carbocycles. The highest BCUT2D eigenvalue weighted by atomic mass is 19.1. The van der Waals surface area contributed by atoms with Gasteiger partial charge >= 0.3 is 5.69 Å². The molecule has 0 atom stereocenters. The second-order valence-electron chi connectivity index (χ2n) is 4.51. The van der Waals surface area contributed by atoms with Gasteiger partial charge in [0.2, 0.25) is 0 Å². The molecule has 6 heteroatoms. The molecular formula is C15H15FN2O3. The van der Waals surface area contributed by atoms with Gasteiger partial charge in [0.1, 0.15) is 12.4 Å². The lowest BCUT2D eigenvalue weighted by Gasteiger charge is -2.08. The predicted octanol–water partition coefficient (Wildman–Crippen LogP) is 2.81. The van der Waals surface area contributed by atoms with E-state index in [4.69, 9.17) is 10.5 Å². The Hall–Kier alpha value is -2.47. The Bertz CT molecular complexity index is 629. The number of hydrogen-bond acceptors (Lipinski definition) is 4. The molecule has 2 aromatic rings. The molecular weight excluding hydrogens is 275 g/mol. The fourth-order valence-electron chi connectivity index (χ4n) is 1.89. The molecule has 0 spiro atoms. The van der Waals surface area contributed by atoms with E-state index in [2.05, 4.69) is 0 Å². The van der Waals surface area contributed by atoms with Crippen LogP contribution in [0.3, 0.4) is 0 Å². The van der Waals surface area contributed by atoms with Crippen LogP contribution in [0.4, 0.5) is 10.1 Å². The highest BCUT2D eigenvalue weighted by Gasteiger charge is 2.16. The van der Waals surface area contributed by atoms with E-state index in [-0.39, 0.29) is 23.9 Å². The van der Waals surface area contributed by atoms with E-state index >= 15 is 0 Å². The summed E-state index contributed by atoms with van der Waals surface area (Å²) in [6.45, 7) is 0.560. The maximum absolute atomic E-state index is 12.8. The van der Waals surface area contributed by atoms with Gasteiger partial charge in [0, 0.05) is 6.07 Å². The molecule has 0 aromatic heterocycles. The third-order valence-corrected chi connectivity index (χ3v) is 2.96. The van der Waals surface area contributed by atoms with Crippen molar-refractivity contribution >= 4 is 5.69 Å². The molecule has 0 unspecified atom stereocenters. The Morgan fingerprint density at radius 1 is 1.14 bits per heavy atom. The monoisotopic (exact) mass is 290 g/mol. The van der Waals surface area contributed by atoms with Gasteiger partial charge in [-0.15, -0.1) is 0 Å². The van der Waals surface area contributed by atoms with Crippen LogP contribution in [-0.4, -0.2) is 11.5 Å². The normalized spacial score (nSPS) is 10.4. The van der Waals surface area contributed by atoms with Crippen LogP contribution < -0.4 is 10.5 Å². The number of halogens is 1. The molecule has 0 bridgehead atoms. The number of benzene rings is 2. The standard InChI is InChI=1S/C15H15FN2O3/c16-13-4-1-12(2-5-13)10-21-15-6-3-11(7-8-17)9-14(15)18(19)20/h1-6,9H,7-8,10,17H2. The van der Waals surface area contributed by atoms with E-state index in [0.29, 0.717) is 13.0 Å². The highest BCUT2D eigenvalue weighted by Crippen LogP contribution is 2.28. The molecule has 21 heavy (non-hydrogen) atoms. The summed E-state index contributed by atoms with van der Waals surface area (Å²) in [5.74, 6) is -0.152. The molecule has 5 nitrogen and oxygen atoms in total. The molecule has 0 heterocycles. The van der Waals surface area contributed by atoms with Gasteiger partial charge in [-0.05, 0) is 42.3 Å². The molecule has 0 aliphatic rings. The van der Waals surface area contributed by atoms with Crippen molar-refractivity contribution in [3.8, 4) is 5.75 Å². The zero-order valence-electron chi connectivity index (χ0n) is 11.3. The summed E-state index contributed by atoms with van der Waals surface area (Å²) in [6.07, 6.45) is 0.569. The predicted molar refractivity (Wildman–Crippen MR) is 76.6 cm³/mol.